The SMILES string of the molecule is N#Cc1ccc(NC(=O)Nc2cc(Br)c(NC(=O)Nc3ccc(C#N)cc3)cc2O)cc1. The van der Waals surface area contributed by atoms with Crippen LogP contribution >= 0.6 is 15.9 Å². The molecule has 3 rings (SSSR count). The van der Waals surface area contributed by atoms with E-state index in [1.165, 1.54) is 12.1 Å². The van der Waals surface area contributed by atoms with Crippen molar-refractivity contribution in [1.82, 2.24) is 0 Å². The lowest BCUT2D eigenvalue weighted by Crippen LogP contribution is -2.21. The van der Waals surface area contributed by atoms with Crippen molar-refractivity contribution < 1.29 is 14.7 Å². The van der Waals surface area contributed by atoms with E-state index in [0.717, 1.165) is 0 Å². The fraction of sp³-hybridized carbons (Fsp3) is 0. The van der Waals surface area contributed by atoms with Crippen LogP contribution in [0.2, 0.25) is 0 Å². The second-order valence-electron chi connectivity index (χ2n) is 6.39. The van der Waals surface area contributed by atoms with Gasteiger partial charge >= 0.3 is 12.1 Å². The van der Waals surface area contributed by atoms with Crippen molar-refractivity contribution in [2.75, 3.05) is 21.3 Å². The number of hydrogen-bond acceptors (Lipinski definition) is 5. The van der Waals surface area contributed by atoms with Gasteiger partial charge in [0, 0.05) is 21.9 Å². The third-order valence-corrected chi connectivity index (χ3v) is 4.78. The number of carbonyl (C=O) groups excluding carboxylic acids is 2. The molecule has 9 nitrogen and oxygen atoms in total. The van der Waals surface area contributed by atoms with Crippen molar-refractivity contribution in [3.63, 3.8) is 0 Å². The Labute approximate surface area is 191 Å². The number of hydrogen-bond donors (Lipinski definition) is 5. The number of urea groups is 2. The molecule has 0 heterocycles. The van der Waals surface area contributed by atoms with Crippen molar-refractivity contribution in [2.45, 2.75) is 0 Å². The van der Waals surface area contributed by atoms with E-state index in [0.29, 0.717) is 27.0 Å². The summed E-state index contributed by atoms with van der Waals surface area (Å²) in [6, 6.07) is 18.1. The molecule has 32 heavy (non-hydrogen) atoms. The van der Waals surface area contributed by atoms with Gasteiger partial charge in [-0.1, -0.05) is 0 Å². The second kappa shape index (κ2) is 9.98. The fourth-order valence-corrected chi connectivity index (χ4v) is 3.03. The maximum Gasteiger partial charge on any atom is 0.323 e. The Kier molecular flexibility index (Phi) is 6.91. The Hall–Kier alpha value is -4.54. The fourth-order valence-electron chi connectivity index (χ4n) is 2.58. The number of halogens is 1. The number of phenolic OH excluding ortho intramolecular Hbond substituents is 1. The predicted octanol–water partition coefficient (Wildman–Crippen LogP) is 5.19. The summed E-state index contributed by atoms with van der Waals surface area (Å²) >= 11 is 3.29. The topological polar surface area (TPSA) is 150 Å². The van der Waals surface area contributed by atoms with E-state index in [2.05, 4.69) is 37.2 Å². The quantitative estimate of drug-likeness (QED) is 0.319. The highest BCUT2D eigenvalue weighted by Crippen LogP contribution is 2.34. The van der Waals surface area contributed by atoms with E-state index in [-0.39, 0.29) is 17.1 Å². The lowest BCUT2D eigenvalue weighted by Gasteiger charge is -2.13. The first-order valence-corrected chi connectivity index (χ1v) is 9.86. The maximum absolute atomic E-state index is 12.2. The zero-order valence-corrected chi connectivity index (χ0v) is 17.9. The normalized spacial score (nSPS) is 9.72. The number of nitrogens with zero attached hydrogens (tertiary/aromatic N) is 2. The van der Waals surface area contributed by atoms with Crippen LogP contribution < -0.4 is 21.3 Å². The van der Waals surface area contributed by atoms with Crippen LogP contribution in [0.5, 0.6) is 5.75 Å². The van der Waals surface area contributed by atoms with E-state index in [1.54, 1.807) is 48.5 Å². The number of benzene rings is 3. The number of nitrogens with one attached hydrogen (secondary N) is 4. The van der Waals surface area contributed by atoms with Crippen LogP contribution in [0.4, 0.5) is 32.3 Å². The third kappa shape index (κ3) is 5.75. The third-order valence-electron chi connectivity index (χ3n) is 4.13. The molecule has 0 saturated heterocycles. The van der Waals surface area contributed by atoms with Crippen LogP contribution in [0, 0.1) is 22.7 Å². The van der Waals surface area contributed by atoms with Gasteiger partial charge in [0.15, 0.2) is 0 Å². The number of carbonyl (C=O) groups is 2. The lowest BCUT2D eigenvalue weighted by atomic mass is 10.2. The summed E-state index contributed by atoms with van der Waals surface area (Å²) in [7, 11) is 0. The molecular formula is C22H15BrN6O3. The van der Waals surface area contributed by atoms with E-state index < -0.39 is 12.1 Å². The first-order chi connectivity index (χ1) is 15.4. The first-order valence-electron chi connectivity index (χ1n) is 9.07. The Balaban J connectivity index is 1.63. The molecule has 4 amide bonds. The van der Waals surface area contributed by atoms with Gasteiger partial charge in [-0.25, -0.2) is 9.59 Å². The van der Waals surface area contributed by atoms with E-state index in [4.69, 9.17) is 10.5 Å². The van der Waals surface area contributed by atoms with E-state index >= 15 is 0 Å². The Morgan fingerprint density at radius 1 is 0.719 bits per heavy atom. The van der Waals surface area contributed by atoms with Gasteiger partial charge in [-0.2, -0.15) is 10.5 Å². The Morgan fingerprint density at radius 3 is 1.59 bits per heavy atom. The highest BCUT2D eigenvalue weighted by Gasteiger charge is 2.13. The van der Waals surface area contributed by atoms with Crippen molar-refractivity contribution in [3.8, 4) is 17.9 Å². The summed E-state index contributed by atoms with van der Waals surface area (Å²) in [5.41, 5.74) is 2.27. The van der Waals surface area contributed by atoms with Crippen molar-refractivity contribution in [1.29, 1.82) is 10.5 Å². The molecule has 0 spiro atoms. The molecular weight excluding hydrogens is 476 g/mol. The molecule has 0 unspecified atom stereocenters. The molecule has 0 aromatic heterocycles. The molecule has 0 fully saturated rings. The highest BCUT2D eigenvalue weighted by molar-refractivity contribution is 9.10. The molecule has 5 N–H and O–H groups in total. The number of nitriles is 2. The molecule has 10 heteroatoms. The molecule has 158 valence electrons. The predicted molar refractivity (Wildman–Crippen MR) is 123 cm³/mol. The summed E-state index contributed by atoms with van der Waals surface area (Å²) in [6.45, 7) is 0. The zero-order chi connectivity index (χ0) is 23.1. The minimum Gasteiger partial charge on any atom is -0.506 e. The zero-order valence-electron chi connectivity index (χ0n) is 16.3. The van der Waals surface area contributed by atoms with Gasteiger partial charge in [-0.3, -0.25) is 0 Å². The van der Waals surface area contributed by atoms with Crippen LogP contribution in [0.1, 0.15) is 11.1 Å². The number of aromatic hydroxyl groups is 1. The van der Waals surface area contributed by atoms with Crippen molar-refractivity contribution in [2.24, 2.45) is 0 Å². The maximum atomic E-state index is 12.2. The Morgan fingerprint density at radius 2 is 1.16 bits per heavy atom. The molecule has 3 aromatic rings. The van der Waals surface area contributed by atoms with Gasteiger partial charge in [0.05, 0.1) is 34.6 Å². The average molecular weight is 491 g/mol. The standard InChI is InChI=1S/C22H15BrN6O3/c23-17-9-19(29-22(32)27-16-7-3-14(12-25)4-8-16)20(30)10-18(17)28-21(31)26-15-5-1-13(11-24)2-6-15/h1-10,30H,(H2,26,28,31)(H2,27,29,32). The minimum atomic E-state index is -0.601. The number of phenols is 1. The molecule has 0 saturated carbocycles. The summed E-state index contributed by atoms with van der Waals surface area (Å²) < 4.78 is 0.416. The number of rotatable bonds is 4. The van der Waals surface area contributed by atoms with Crippen molar-refractivity contribution in [3.05, 3.63) is 76.3 Å². The summed E-state index contributed by atoms with van der Waals surface area (Å²) in [4.78, 5) is 24.4. The molecule has 0 atom stereocenters. The van der Waals surface area contributed by atoms with Gasteiger partial charge in [0.25, 0.3) is 0 Å². The molecule has 0 aliphatic rings. The van der Waals surface area contributed by atoms with Crippen LogP contribution in [0.25, 0.3) is 0 Å². The average Bonchev–Trinajstić information content (AvgIpc) is 2.78. The Bertz CT molecular complexity index is 1150. The van der Waals surface area contributed by atoms with Crippen LogP contribution in [-0.2, 0) is 0 Å². The number of amides is 4. The van der Waals surface area contributed by atoms with Gasteiger partial charge in [-0.05, 0) is 70.5 Å². The smallest absolute Gasteiger partial charge is 0.323 e. The molecule has 0 radical (unpaired) electrons. The lowest BCUT2D eigenvalue weighted by molar-refractivity contribution is 0.261. The molecule has 0 aliphatic heterocycles. The van der Waals surface area contributed by atoms with Crippen LogP contribution in [0.3, 0.4) is 0 Å². The monoisotopic (exact) mass is 490 g/mol. The first kappa shape index (κ1) is 22.2. The number of anilines is 4. The summed E-state index contributed by atoms with van der Waals surface area (Å²) in [6.07, 6.45) is 0. The van der Waals surface area contributed by atoms with Gasteiger partial charge in [0.2, 0.25) is 0 Å². The highest BCUT2D eigenvalue weighted by atomic mass is 79.9. The second-order valence-corrected chi connectivity index (χ2v) is 7.24. The molecule has 0 bridgehead atoms. The summed E-state index contributed by atoms with van der Waals surface area (Å²) in [5.74, 6) is -0.267. The summed E-state index contributed by atoms with van der Waals surface area (Å²) in [5, 5.41) is 38.2. The van der Waals surface area contributed by atoms with Gasteiger partial charge < -0.3 is 26.4 Å². The molecule has 0 aliphatic carbocycles. The minimum absolute atomic E-state index is 0.112. The van der Waals surface area contributed by atoms with Gasteiger partial charge in [0.1, 0.15) is 5.75 Å². The van der Waals surface area contributed by atoms with Crippen LogP contribution in [0.15, 0.2) is 65.1 Å². The largest absolute Gasteiger partial charge is 0.506 e. The van der Waals surface area contributed by atoms with E-state index in [1.807, 2.05) is 12.1 Å². The van der Waals surface area contributed by atoms with Crippen molar-refractivity contribution >= 4 is 50.7 Å². The van der Waals surface area contributed by atoms with Gasteiger partial charge in [-0.15, -0.1) is 0 Å². The van der Waals surface area contributed by atoms with E-state index in [9.17, 15) is 14.7 Å². The molecule has 3 aromatic carbocycles. The van der Waals surface area contributed by atoms with Crippen LogP contribution in [-0.4, -0.2) is 17.2 Å².